The molecule has 2 aliphatic carbocycles. The van der Waals surface area contributed by atoms with Gasteiger partial charge in [0, 0.05) is 43.8 Å². The number of carbonyl (C=O) groups excluding carboxylic acids is 2. The molecule has 3 aliphatic rings. The van der Waals surface area contributed by atoms with E-state index in [2.05, 4.69) is 10.0 Å². The summed E-state index contributed by atoms with van der Waals surface area (Å²) in [4.78, 5) is 28.4. The van der Waals surface area contributed by atoms with Crippen molar-refractivity contribution in [3.63, 3.8) is 0 Å². The number of urea groups is 1. The van der Waals surface area contributed by atoms with E-state index < -0.39 is 10.0 Å². The van der Waals surface area contributed by atoms with E-state index in [1.807, 2.05) is 4.90 Å². The van der Waals surface area contributed by atoms with Gasteiger partial charge >= 0.3 is 6.03 Å². The van der Waals surface area contributed by atoms with Crippen LogP contribution in [0.3, 0.4) is 0 Å². The molecule has 8 nitrogen and oxygen atoms in total. The first kappa shape index (κ1) is 19.2. The summed E-state index contributed by atoms with van der Waals surface area (Å²) in [7, 11) is -3.59. The fourth-order valence-corrected chi connectivity index (χ4v) is 4.95. The summed E-state index contributed by atoms with van der Waals surface area (Å²) in [6.45, 7) is 3.78. The molecule has 2 saturated carbocycles. The fourth-order valence-electron chi connectivity index (χ4n) is 3.37. The highest BCUT2D eigenvalue weighted by Crippen LogP contribution is 2.31. The van der Waals surface area contributed by atoms with Gasteiger partial charge in [-0.15, -0.1) is 0 Å². The summed E-state index contributed by atoms with van der Waals surface area (Å²) in [5.41, 5.74) is 1.08. The van der Waals surface area contributed by atoms with Crippen LogP contribution in [0.1, 0.15) is 31.2 Å². The predicted octanol–water partition coefficient (Wildman–Crippen LogP) is 1.52. The standard InChI is InChI=1S/C19H26N4O4S/c1-13-2-5-16(12-17(13)28(26,27)21-15-6-7-15)20-19(25)23-10-8-22(9-11-23)18(24)14-3-4-14/h2,5,12,14-15,21H,3-4,6-11H2,1H3,(H,20,25). The number of hydrogen-bond donors (Lipinski definition) is 2. The molecule has 0 aromatic heterocycles. The monoisotopic (exact) mass is 406 g/mol. The summed E-state index contributed by atoms with van der Waals surface area (Å²) < 4.78 is 27.7. The molecule has 1 aromatic carbocycles. The number of carbonyl (C=O) groups is 2. The molecule has 0 spiro atoms. The van der Waals surface area contributed by atoms with Crippen LogP contribution in [0, 0.1) is 12.8 Å². The highest BCUT2D eigenvalue weighted by Gasteiger charge is 2.35. The number of aryl methyl sites for hydroxylation is 1. The van der Waals surface area contributed by atoms with Crippen LogP contribution in [0.4, 0.5) is 10.5 Å². The van der Waals surface area contributed by atoms with Crippen LogP contribution in [0.2, 0.25) is 0 Å². The second kappa shape index (κ2) is 7.36. The van der Waals surface area contributed by atoms with E-state index in [1.54, 1.807) is 24.0 Å². The molecule has 0 bridgehead atoms. The van der Waals surface area contributed by atoms with Gasteiger partial charge in [-0.25, -0.2) is 17.9 Å². The van der Waals surface area contributed by atoms with Crippen molar-refractivity contribution in [2.24, 2.45) is 5.92 Å². The molecule has 3 amide bonds. The minimum Gasteiger partial charge on any atom is -0.339 e. The van der Waals surface area contributed by atoms with Crippen molar-refractivity contribution in [3.05, 3.63) is 23.8 Å². The molecule has 0 unspecified atom stereocenters. The Balaban J connectivity index is 1.38. The molecular formula is C19H26N4O4S. The number of benzene rings is 1. The van der Waals surface area contributed by atoms with E-state index in [9.17, 15) is 18.0 Å². The van der Waals surface area contributed by atoms with Gasteiger partial charge in [0.15, 0.2) is 0 Å². The van der Waals surface area contributed by atoms with Crippen molar-refractivity contribution < 1.29 is 18.0 Å². The topological polar surface area (TPSA) is 98.8 Å². The van der Waals surface area contributed by atoms with Crippen LogP contribution in [-0.2, 0) is 14.8 Å². The minimum atomic E-state index is -3.59. The van der Waals surface area contributed by atoms with Crippen LogP contribution in [0.25, 0.3) is 0 Å². The molecule has 4 rings (SSSR count). The summed E-state index contributed by atoms with van der Waals surface area (Å²) >= 11 is 0. The van der Waals surface area contributed by atoms with Crippen molar-refractivity contribution in [2.45, 2.75) is 43.5 Å². The second-order valence-electron chi connectivity index (χ2n) is 7.89. The maximum Gasteiger partial charge on any atom is 0.321 e. The molecule has 28 heavy (non-hydrogen) atoms. The smallest absolute Gasteiger partial charge is 0.321 e. The van der Waals surface area contributed by atoms with Crippen LogP contribution in [-0.4, -0.2) is 62.4 Å². The average Bonchev–Trinajstić information content (AvgIpc) is 3.57. The lowest BCUT2D eigenvalue weighted by Gasteiger charge is -2.34. The van der Waals surface area contributed by atoms with Crippen LogP contribution >= 0.6 is 0 Å². The maximum absolute atomic E-state index is 12.6. The van der Waals surface area contributed by atoms with E-state index in [0.717, 1.165) is 25.7 Å². The summed E-state index contributed by atoms with van der Waals surface area (Å²) in [6.07, 6.45) is 3.69. The van der Waals surface area contributed by atoms with Gasteiger partial charge in [-0.3, -0.25) is 4.79 Å². The Kier molecular flexibility index (Phi) is 5.05. The SMILES string of the molecule is Cc1ccc(NC(=O)N2CCN(C(=O)C3CC3)CC2)cc1S(=O)(=O)NC1CC1. The molecule has 0 atom stereocenters. The zero-order chi connectivity index (χ0) is 19.9. The molecule has 1 saturated heterocycles. The number of sulfonamides is 1. The number of hydrogen-bond acceptors (Lipinski definition) is 4. The molecule has 0 radical (unpaired) electrons. The summed E-state index contributed by atoms with van der Waals surface area (Å²) in [5.74, 6) is 0.397. The number of anilines is 1. The van der Waals surface area contributed by atoms with Crippen molar-refractivity contribution in [1.29, 1.82) is 0 Å². The quantitative estimate of drug-likeness (QED) is 0.775. The normalized spacial score (nSPS) is 20.2. The van der Waals surface area contributed by atoms with E-state index in [0.29, 0.717) is 37.4 Å². The largest absolute Gasteiger partial charge is 0.339 e. The van der Waals surface area contributed by atoms with E-state index in [1.165, 1.54) is 6.07 Å². The van der Waals surface area contributed by atoms with E-state index in [4.69, 9.17) is 0 Å². The van der Waals surface area contributed by atoms with Gasteiger partial charge in [0.05, 0.1) is 4.90 Å². The Labute approximate surface area is 165 Å². The Bertz CT molecular complexity index is 885. The third kappa shape index (κ3) is 4.30. The number of piperazine rings is 1. The van der Waals surface area contributed by atoms with Gasteiger partial charge in [-0.1, -0.05) is 6.07 Å². The molecule has 1 heterocycles. The first-order valence-corrected chi connectivity index (χ1v) is 11.3. The molecule has 152 valence electrons. The third-order valence-corrected chi connectivity index (χ3v) is 7.10. The number of amides is 3. The van der Waals surface area contributed by atoms with Crippen molar-refractivity contribution >= 4 is 27.6 Å². The zero-order valence-corrected chi connectivity index (χ0v) is 16.8. The fraction of sp³-hybridized carbons (Fsp3) is 0.579. The first-order chi connectivity index (χ1) is 13.3. The number of nitrogens with one attached hydrogen (secondary N) is 2. The Morgan fingerprint density at radius 3 is 2.25 bits per heavy atom. The molecule has 2 N–H and O–H groups in total. The first-order valence-electron chi connectivity index (χ1n) is 9.81. The molecule has 9 heteroatoms. The Morgan fingerprint density at radius 2 is 1.64 bits per heavy atom. The Hall–Kier alpha value is -2.13. The molecule has 1 aromatic rings. The van der Waals surface area contributed by atoms with Gasteiger partial charge in [-0.05, 0) is 50.3 Å². The van der Waals surface area contributed by atoms with E-state index in [-0.39, 0.29) is 28.8 Å². The average molecular weight is 407 g/mol. The van der Waals surface area contributed by atoms with Gasteiger partial charge in [0.1, 0.15) is 0 Å². The van der Waals surface area contributed by atoms with Gasteiger partial charge < -0.3 is 15.1 Å². The zero-order valence-electron chi connectivity index (χ0n) is 16.0. The third-order valence-electron chi connectivity index (χ3n) is 5.43. The van der Waals surface area contributed by atoms with Gasteiger partial charge in [-0.2, -0.15) is 0 Å². The molecular weight excluding hydrogens is 380 g/mol. The highest BCUT2D eigenvalue weighted by atomic mass is 32.2. The van der Waals surface area contributed by atoms with Gasteiger partial charge in [0.2, 0.25) is 15.9 Å². The van der Waals surface area contributed by atoms with Crippen LogP contribution < -0.4 is 10.0 Å². The summed E-state index contributed by atoms with van der Waals surface area (Å²) in [6, 6.07) is 4.66. The maximum atomic E-state index is 12.6. The predicted molar refractivity (Wildman–Crippen MR) is 104 cm³/mol. The number of nitrogens with zero attached hydrogens (tertiary/aromatic N) is 2. The van der Waals surface area contributed by atoms with E-state index >= 15 is 0 Å². The lowest BCUT2D eigenvalue weighted by atomic mass is 10.2. The van der Waals surface area contributed by atoms with Crippen molar-refractivity contribution in [1.82, 2.24) is 14.5 Å². The molecule has 3 fully saturated rings. The Morgan fingerprint density at radius 1 is 1.00 bits per heavy atom. The molecule has 1 aliphatic heterocycles. The minimum absolute atomic E-state index is 0.0253. The van der Waals surface area contributed by atoms with Crippen molar-refractivity contribution in [2.75, 3.05) is 31.5 Å². The second-order valence-corrected chi connectivity index (χ2v) is 9.58. The van der Waals surface area contributed by atoms with Crippen LogP contribution in [0.15, 0.2) is 23.1 Å². The van der Waals surface area contributed by atoms with Crippen LogP contribution in [0.5, 0.6) is 0 Å². The number of rotatable bonds is 5. The van der Waals surface area contributed by atoms with Gasteiger partial charge in [0.25, 0.3) is 0 Å². The lowest BCUT2D eigenvalue weighted by molar-refractivity contribution is -0.133. The summed E-state index contributed by atoms with van der Waals surface area (Å²) in [5, 5.41) is 2.79. The lowest BCUT2D eigenvalue weighted by Crippen LogP contribution is -2.52. The highest BCUT2D eigenvalue weighted by molar-refractivity contribution is 7.89. The van der Waals surface area contributed by atoms with Crippen molar-refractivity contribution in [3.8, 4) is 0 Å².